The van der Waals surface area contributed by atoms with Crippen molar-refractivity contribution in [2.75, 3.05) is 26.2 Å². The maximum absolute atomic E-state index is 12.7. The average molecular weight is 354 g/mol. The van der Waals surface area contributed by atoms with E-state index in [0.717, 1.165) is 23.7 Å². The highest BCUT2D eigenvalue weighted by Crippen LogP contribution is 2.19. The van der Waals surface area contributed by atoms with Gasteiger partial charge in [0.2, 0.25) is 0 Å². The van der Waals surface area contributed by atoms with Crippen molar-refractivity contribution in [3.8, 4) is 0 Å². The Hall–Kier alpha value is -2.50. The van der Waals surface area contributed by atoms with E-state index < -0.39 is 0 Å². The lowest BCUT2D eigenvalue weighted by atomic mass is 9.96. The highest BCUT2D eigenvalue weighted by molar-refractivity contribution is 5.98. The third-order valence-electron chi connectivity index (χ3n) is 5.55. The fourth-order valence-corrected chi connectivity index (χ4v) is 3.98. The number of piperazine rings is 1. The SMILES string of the molecule is O=C(NC1CCCCC1)N1CCN(C(=O)c2cc3ccccc3[nH]2)CC1. The molecule has 0 atom stereocenters. The van der Waals surface area contributed by atoms with Crippen molar-refractivity contribution < 1.29 is 9.59 Å². The highest BCUT2D eigenvalue weighted by Gasteiger charge is 2.27. The summed E-state index contributed by atoms with van der Waals surface area (Å²) in [7, 11) is 0. The van der Waals surface area contributed by atoms with Gasteiger partial charge in [0.15, 0.2) is 0 Å². The molecule has 2 heterocycles. The van der Waals surface area contributed by atoms with E-state index in [-0.39, 0.29) is 11.9 Å². The molecule has 138 valence electrons. The molecule has 1 aromatic heterocycles. The third kappa shape index (κ3) is 3.54. The molecule has 0 spiro atoms. The molecular weight excluding hydrogens is 328 g/mol. The molecule has 26 heavy (non-hydrogen) atoms. The zero-order valence-corrected chi connectivity index (χ0v) is 15.0. The van der Waals surface area contributed by atoms with Crippen molar-refractivity contribution in [1.82, 2.24) is 20.1 Å². The predicted molar refractivity (Wildman–Crippen MR) is 101 cm³/mol. The van der Waals surface area contributed by atoms with Crippen LogP contribution in [0.15, 0.2) is 30.3 Å². The van der Waals surface area contributed by atoms with Gasteiger partial charge in [0.25, 0.3) is 5.91 Å². The van der Waals surface area contributed by atoms with Crippen LogP contribution in [0.25, 0.3) is 10.9 Å². The normalized spacial score (nSPS) is 18.9. The molecule has 2 fully saturated rings. The Bertz CT molecular complexity index is 753. The summed E-state index contributed by atoms with van der Waals surface area (Å²) in [6.07, 6.45) is 5.87. The van der Waals surface area contributed by atoms with Gasteiger partial charge in [-0.25, -0.2) is 4.79 Å². The number of nitrogens with zero attached hydrogens (tertiary/aromatic N) is 2. The summed E-state index contributed by atoms with van der Waals surface area (Å²) in [6.45, 7) is 2.33. The second-order valence-electron chi connectivity index (χ2n) is 7.33. The highest BCUT2D eigenvalue weighted by atomic mass is 16.2. The molecule has 0 radical (unpaired) electrons. The second kappa shape index (κ2) is 7.40. The van der Waals surface area contributed by atoms with E-state index in [4.69, 9.17) is 0 Å². The van der Waals surface area contributed by atoms with Crippen LogP contribution in [0.2, 0.25) is 0 Å². The van der Waals surface area contributed by atoms with E-state index in [1.807, 2.05) is 40.1 Å². The molecule has 6 heteroatoms. The number of amides is 3. The number of carbonyl (C=O) groups is 2. The molecule has 2 aliphatic rings. The lowest BCUT2D eigenvalue weighted by molar-refractivity contribution is 0.0657. The van der Waals surface area contributed by atoms with Gasteiger partial charge in [-0.2, -0.15) is 0 Å². The monoisotopic (exact) mass is 354 g/mol. The maximum Gasteiger partial charge on any atom is 0.317 e. The number of rotatable bonds is 2. The number of hydrogen-bond donors (Lipinski definition) is 2. The van der Waals surface area contributed by atoms with Gasteiger partial charge in [-0.3, -0.25) is 4.79 Å². The lowest BCUT2D eigenvalue weighted by Gasteiger charge is -2.35. The van der Waals surface area contributed by atoms with E-state index in [9.17, 15) is 9.59 Å². The maximum atomic E-state index is 12.7. The second-order valence-corrected chi connectivity index (χ2v) is 7.33. The van der Waals surface area contributed by atoms with Gasteiger partial charge in [-0.15, -0.1) is 0 Å². The average Bonchev–Trinajstić information content (AvgIpc) is 3.12. The number of benzene rings is 1. The van der Waals surface area contributed by atoms with Gasteiger partial charge in [0.05, 0.1) is 0 Å². The number of aromatic nitrogens is 1. The molecule has 1 aromatic carbocycles. The van der Waals surface area contributed by atoms with Gasteiger partial charge >= 0.3 is 6.03 Å². The van der Waals surface area contributed by atoms with E-state index in [1.54, 1.807) is 0 Å². The summed E-state index contributed by atoms with van der Waals surface area (Å²) >= 11 is 0. The minimum atomic E-state index is 0.00791. The first-order valence-electron chi connectivity index (χ1n) is 9.63. The third-order valence-corrected chi connectivity index (χ3v) is 5.55. The Morgan fingerprint density at radius 1 is 0.962 bits per heavy atom. The van der Waals surface area contributed by atoms with Gasteiger partial charge < -0.3 is 20.1 Å². The number of urea groups is 1. The Kier molecular flexibility index (Phi) is 4.82. The van der Waals surface area contributed by atoms with Crippen LogP contribution in [0.1, 0.15) is 42.6 Å². The van der Waals surface area contributed by atoms with Crippen LogP contribution in [0, 0.1) is 0 Å². The number of hydrogen-bond acceptors (Lipinski definition) is 2. The number of nitrogens with one attached hydrogen (secondary N) is 2. The summed E-state index contributed by atoms with van der Waals surface area (Å²) in [5.41, 5.74) is 1.59. The topological polar surface area (TPSA) is 68.4 Å². The molecule has 2 aromatic rings. The molecule has 1 aliphatic heterocycles. The first-order chi connectivity index (χ1) is 12.7. The number of aromatic amines is 1. The van der Waals surface area contributed by atoms with Gasteiger partial charge in [0.1, 0.15) is 5.69 Å². The van der Waals surface area contributed by atoms with Crippen molar-refractivity contribution in [2.45, 2.75) is 38.1 Å². The van der Waals surface area contributed by atoms with Crippen molar-refractivity contribution in [3.05, 3.63) is 36.0 Å². The molecule has 6 nitrogen and oxygen atoms in total. The van der Waals surface area contributed by atoms with Crippen LogP contribution in [0.4, 0.5) is 4.79 Å². The van der Waals surface area contributed by atoms with Crippen LogP contribution in [-0.2, 0) is 0 Å². The molecule has 1 saturated heterocycles. The van der Waals surface area contributed by atoms with Crippen molar-refractivity contribution in [1.29, 1.82) is 0 Å². The Balaban J connectivity index is 1.32. The molecular formula is C20H26N4O2. The van der Waals surface area contributed by atoms with Gasteiger partial charge in [-0.1, -0.05) is 37.5 Å². The predicted octanol–water partition coefficient (Wildman–Crippen LogP) is 2.97. The molecule has 2 N–H and O–H groups in total. The Labute approximate surface area is 153 Å². The zero-order chi connectivity index (χ0) is 17.9. The van der Waals surface area contributed by atoms with Crippen LogP contribution < -0.4 is 5.32 Å². The Morgan fingerprint density at radius 2 is 1.65 bits per heavy atom. The Morgan fingerprint density at radius 3 is 2.38 bits per heavy atom. The van der Waals surface area contributed by atoms with E-state index in [2.05, 4.69) is 10.3 Å². The minimum Gasteiger partial charge on any atom is -0.351 e. The minimum absolute atomic E-state index is 0.00791. The number of para-hydroxylation sites is 1. The molecule has 1 saturated carbocycles. The number of fused-ring (bicyclic) bond motifs is 1. The first kappa shape index (κ1) is 16.9. The first-order valence-corrected chi connectivity index (χ1v) is 9.63. The zero-order valence-electron chi connectivity index (χ0n) is 15.0. The van der Waals surface area contributed by atoms with Crippen molar-refractivity contribution >= 4 is 22.8 Å². The molecule has 0 unspecified atom stereocenters. The standard InChI is InChI=1S/C20H26N4O2/c25-19(18-14-15-6-4-5-9-17(15)22-18)23-10-12-24(13-11-23)20(26)21-16-7-2-1-3-8-16/h4-6,9,14,16,22H,1-3,7-8,10-13H2,(H,21,26). The van der Waals surface area contributed by atoms with E-state index in [1.165, 1.54) is 19.3 Å². The molecule has 1 aliphatic carbocycles. The van der Waals surface area contributed by atoms with Gasteiger partial charge in [0, 0.05) is 43.1 Å². The van der Waals surface area contributed by atoms with Crippen LogP contribution in [0.5, 0.6) is 0 Å². The van der Waals surface area contributed by atoms with Crippen LogP contribution >= 0.6 is 0 Å². The van der Waals surface area contributed by atoms with E-state index >= 15 is 0 Å². The summed E-state index contributed by atoms with van der Waals surface area (Å²) < 4.78 is 0. The largest absolute Gasteiger partial charge is 0.351 e. The lowest BCUT2D eigenvalue weighted by Crippen LogP contribution is -2.54. The van der Waals surface area contributed by atoms with Crippen LogP contribution in [-0.4, -0.2) is 58.9 Å². The van der Waals surface area contributed by atoms with Gasteiger partial charge in [-0.05, 0) is 25.0 Å². The molecule has 4 rings (SSSR count). The van der Waals surface area contributed by atoms with Crippen molar-refractivity contribution in [2.24, 2.45) is 0 Å². The quantitative estimate of drug-likeness (QED) is 0.871. The number of H-pyrrole nitrogens is 1. The fraction of sp³-hybridized carbons (Fsp3) is 0.500. The molecule has 0 bridgehead atoms. The van der Waals surface area contributed by atoms with Crippen molar-refractivity contribution in [3.63, 3.8) is 0 Å². The molecule has 3 amide bonds. The summed E-state index contributed by atoms with van der Waals surface area (Å²) in [6, 6.07) is 10.1. The smallest absolute Gasteiger partial charge is 0.317 e. The number of carbonyl (C=O) groups excluding carboxylic acids is 2. The fourth-order valence-electron chi connectivity index (χ4n) is 3.98. The summed E-state index contributed by atoms with van der Waals surface area (Å²) in [5, 5.41) is 4.20. The summed E-state index contributed by atoms with van der Waals surface area (Å²) in [5.74, 6) is 0.00791. The van der Waals surface area contributed by atoms with Crippen LogP contribution in [0.3, 0.4) is 0 Å². The van der Waals surface area contributed by atoms with E-state index in [0.29, 0.717) is 37.9 Å². The summed E-state index contributed by atoms with van der Waals surface area (Å²) in [4.78, 5) is 32.0.